The largest absolute Gasteiger partial charge is 0.504 e. The average molecular weight is 889 g/mol. The molecule has 18 nitrogen and oxygen atoms in total. The maximum absolute atomic E-state index is 13.6. The third kappa shape index (κ3) is 15.8. The van der Waals surface area contributed by atoms with Gasteiger partial charge in [0, 0.05) is 57.6 Å². The molecule has 0 bridgehead atoms. The van der Waals surface area contributed by atoms with E-state index in [9.17, 15) is 34.5 Å². The monoisotopic (exact) mass is 889 g/mol. The summed E-state index contributed by atoms with van der Waals surface area (Å²) in [6.45, 7) is 14.9. The molecule has 354 valence electrons. The first-order valence-electron chi connectivity index (χ1n) is 21.6. The number of nitrogens with one attached hydrogen (secondary N) is 3. The second kappa shape index (κ2) is 24.6. The summed E-state index contributed by atoms with van der Waals surface area (Å²) >= 11 is 0. The molecule has 0 spiro atoms. The zero-order valence-corrected chi connectivity index (χ0v) is 38.6. The second-order valence-electron chi connectivity index (χ2n) is 17.7. The quantitative estimate of drug-likeness (QED) is 0.0423. The molecule has 0 aliphatic heterocycles. The molecule has 1 aliphatic rings. The summed E-state index contributed by atoms with van der Waals surface area (Å²) in [5.74, 6) is -3.04. The number of nitrogens with two attached hydrogens (primary N) is 1. The number of rotatable bonds is 23. The SMILES string of the molecule is COC[C@@H]1[C@H](NC(=O)NCCCN(CCCNCCCCN(CCCN)C(=O)OC(C)(C)C)C(=O)OC(C)(C)C)c2cc(O)c(O)cc2C(c2cc(OC)c(O)c(OC)c2)[C@H]1C=O. The van der Waals surface area contributed by atoms with Crippen molar-refractivity contribution in [2.24, 2.45) is 17.6 Å². The minimum atomic E-state index is -0.843. The lowest BCUT2D eigenvalue weighted by Crippen LogP contribution is -2.48. The number of phenolic OH excluding ortho intramolecular Hbond substituents is 3. The van der Waals surface area contributed by atoms with Gasteiger partial charge in [0.15, 0.2) is 23.0 Å². The minimum Gasteiger partial charge on any atom is -0.504 e. The summed E-state index contributed by atoms with van der Waals surface area (Å²) in [5, 5.41) is 41.2. The van der Waals surface area contributed by atoms with Crippen molar-refractivity contribution >= 4 is 24.5 Å². The molecule has 0 heterocycles. The van der Waals surface area contributed by atoms with Crippen molar-refractivity contribution in [3.05, 3.63) is 41.0 Å². The van der Waals surface area contributed by atoms with Gasteiger partial charge >= 0.3 is 18.2 Å². The van der Waals surface area contributed by atoms with Crippen molar-refractivity contribution < 1.29 is 58.2 Å². The minimum absolute atomic E-state index is 0.0416. The number of unbranched alkanes of at least 4 members (excludes halogenated alkanes) is 1. The summed E-state index contributed by atoms with van der Waals surface area (Å²) < 4.78 is 27.6. The van der Waals surface area contributed by atoms with Crippen LogP contribution in [0.1, 0.15) is 102 Å². The molecule has 0 saturated carbocycles. The number of aldehydes is 1. The molecule has 0 fully saturated rings. The number of hydrogen-bond acceptors (Lipinski definition) is 14. The Morgan fingerprint density at radius 3 is 1.75 bits per heavy atom. The molecule has 0 saturated heterocycles. The van der Waals surface area contributed by atoms with Crippen LogP contribution in [-0.4, -0.2) is 141 Å². The molecular formula is C45H72N6O12. The highest BCUT2D eigenvalue weighted by molar-refractivity contribution is 5.75. The number of benzene rings is 2. The number of nitrogens with zero attached hydrogens (tertiary/aromatic N) is 2. The van der Waals surface area contributed by atoms with E-state index in [1.807, 2.05) is 20.8 Å². The van der Waals surface area contributed by atoms with E-state index in [-0.39, 0.29) is 36.5 Å². The Bertz CT molecular complexity index is 1770. The van der Waals surface area contributed by atoms with Crippen molar-refractivity contribution in [2.45, 2.75) is 96.8 Å². The van der Waals surface area contributed by atoms with Crippen LogP contribution >= 0.6 is 0 Å². The smallest absolute Gasteiger partial charge is 0.410 e. The van der Waals surface area contributed by atoms with Crippen molar-refractivity contribution in [1.29, 1.82) is 0 Å². The predicted molar refractivity (Wildman–Crippen MR) is 238 cm³/mol. The molecule has 0 aromatic heterocycles. The molecule has 2 aromatic carbocycles. The molecule has 18 heteroatoms. The highest BCUT2D eigenvalue weighted by atomic mass is 16.6. The van der Waals surface area contributed by atoms with Crippen LogP contribution in [0.25, 0.3) is 0 Å². The lowest BCUT2D eigenvalue weighted by atomic mass is 9.65. The van der Waals surface area contributed by atoms with E-state index in [1.165, 1.54) is 33.5 Å². The Balaban J connectivity index is 1.64. The van der Waals surface area contributed by atoms with Gasteiger partial charge in [-0.15, -0.1) is 0 Å². The van der Waals surface area contributed by atoms with Gasteiger partial charge in [-0.2, -0.15) is 0 Å². The van der Waals surface area contributed by atoms with Crippen LogP contribution in [0.5, 0.6) is 28.7 Å². The van der Waals surface area contributed by atoms with E-state index in [1.54, 1.807) is 42.7 Å². The molecule has 1 unspecified atom stereocenters. The number of aromatic hydroxyl groups is 3. The van der Waals surface area contributed by atoms with Gasteiger partial charge in [-0.1, -0.05) is 0 Å². The van der Waals surface area contributed by atoms with E-state index >= 15 is 0 Å². The average Bonchev–Trinajstić information content (AvgIpc) is 3.20. The van der Waals surface area contributed by atoms with Crippen LogP contribution in [0, 0.1) is 11.8 Å². The maximum atomic E-state index is 13.6. The zero-order valence-electron chi connectivity index (χ0n) is 38.6. The Labute approximate surface area is 372 Å². The van der Waals surface area contributed by atoms with Crippen LogP contribution < -0.4 is 31.2 Å². The standard InChI is InChI=1S/C45H72N6O12/c1-44(2,3)62-42(57)50(20-12-15-46)19-11-10-16-47-17-13-21-51(43(58)63-45(4,5)6)22-14-18-48-41(56)49-39-31-26-35(54)34(53)25-30(31)38(32(27-52)33(39)28-59-7)29-23-36(60-8)40(55)37(24-29)61-9/h23-27,32-33,38-39,47,53-55H,10-22,28,46H2,1-9H3,(H2,48,49,56)/t32-,33-,38?,39+/m0/s1. The Kier molecular flexibility index (Phi) is 20.4. The van der Waals surface area contributed by atoms with E-state index in [0.717, 1.165) is 25.7 Å². The number of urea groups is 1. The number of fused-ring (bicyclic) bond motifs is 1. The van der Waals surface area contributed by atoms with Gasteiger partial charge < -0.3 is 75.3 Å². The molecule has 63 heavy (non-hydrogen) atoms. The van der Waals surface area contributed by atoms with E-state index < -0.39 is 58.6 Å². The second-order valence-corrected chi connectivity index (χ2v) is 17.7. The first kappa shape index (κ1) is 52.1. The summed E-state index contributed by atoms with van der Waals surface area (Å²) in [4.78, 5) is 55.7. The molecule has 4 atom stereocenters. The predicted octanol–water partition coefficient (Wildman–Crippen LogP) is 5.36. The molecule has 0 radical (unpaired) electrons. The van der Waals surface area contributed by atoms with E-state index in [0.29, 0.717) is 75.2 Å². The maximum Gasteiger partial charge on any atom is 0.410 e. The first-order chi connectivity index (χ1) is 29.8. The number of ether oxygens (including phenoxy) is 5. The van der Waals surface area contributed by atoms with Crippen LogP contribution in [0.3, 0.4) is 0 Å². The van der Waals surface area contributed by atoms with Crippen LogP contribution in [0.4, 0.5) is 14.4 Å². The third-order valence-corrected chi connectivity index (χ3v) is 10.5. The lowest BCUT2D eigenvalue weighted by Gasteiger charge is -2.42. The summed E-state index contributed by atoms with van der Waals surface area (Å²) in [6, 6.07) is 4.47. The number of phenols is 3. The third-order valence-electron chi connectivity index (χ3n) is 10.5. The number of amides is 4. The summed E-state index contributed by atoms with van der Waals surface area (Å²) in [6.07, 6.45) is 3.35. The van der Waals surface area contributed by atoms with E-state index in [2.05, 4.69) is 16.0 Å². The van der Waals surface area contributed by atoms with Gasteiger partial charge in [0.1, 0.15) is 17.5 Å². The van der Waals surface area contributed by atoms with Crippen LogP contribution in [0.15, 0.2) is 24.3 Å². The lowest BCUT2D eigenvalue weighted by molar-refractivity contribution is -0.114. The number of hydrogen-bond donors (Lipinski definition) is 7. The van der Waals surface area contributed by atoms with Crippen LogP contribution in [-0.2, 0) is 19.0 Å². The van der Waals surface area contributed by atoms with Crippen molar-refractivity contribution in [2.75, 3.05) is 80.3 Å². The molecule has 2 aromatic rings. The van der Waals surface area contributed by atoms with Crippen molar-refractivity contribution in [3.63, 3.8) is 0 Å². The molecule has 3 rings (SSSR count). The fourth-order valence-corrected chi connectivity index (χ4v) is 7.57. The fourth-order valence-electron chi connectivity index (χ4n) is 7.57. The zero-order chi connectivity index (χ0) is 46.9. The van der Waals surface area contributed by atoms with Gasteiger partial charge in [0.25, 0.3) is 0 Å². The summed E-state index contributed by atoms with van der Waals surface area (Å²) in [5.41, 5.74) is 5.82. The van der Waals surface area contributed by atoms with Gasteiger partial charge in [0.2, 0.25) is 5.75 Å². The number of carbonyl (C=O) groups excluding carboxylic acids is 4. The van der Waals surface area contributed by atoms with Gasteiger partial charge in [-0.25, -0.2) is 14.4 Å². The van der Waals surface area contributed by atoms with Crippen molar-refractivity contribution in [3.8, 4) is 28.7 Å². The highest BCUT2D eigenvalue weighted by Gasteiger charge is 2.45. The van der Waals surface area contributed by atoms with Gasteiger partial charge in [0.05, 0.1) is 26.9 Å². The highest BCUT2D eigenvalue weighted by Crippen LogP contribution is 2.52. The topological polar surface area (TPSA) is 244 Å². The summed E-state index contributed by atoms with van der Waals surface area (Å²) in [7, 11) is 4.25. The number of carbonyl (C=O) groups is 4. The van der Waals surface area contributed by atoms with Gasteiger partial charge in [-0.3, -0.25) is 0 Å². The van der Waals surface area contributed by atoms with E-state index in [4.69, 9.17) is 29.4 Å². The molecule has 4 amide bonds. The fraction of sp³-hybridized carbons (Fsp3) is 0.644. The first-order valence-corrected chi connectivity index (χ1v) is 21.6. The molecule has 1 aliphatic carbocycles. The molecule has 8 N–H and O–H groups in total. The Morgan fingerprint density at radius 2 is 1.24 bits per heavy atom. The molecular weight excluding hydrogens is 817 g/mol. The Morgan fingerprint density at radius 1 is 0.730 bits per heavy atom. The van der Waals surface area contributed by atoms with Crippen molar-refractivity contribution in [1.82, 2.24) is 25.8 Å². The Hall–Kier alpha value is -5.20. The number of methoxy groups -OCH3 is 3. The van der Waals surface area contributed by atoms with Crippen LogP contribution in [0.2, 0.25) is 0 Å². The van der Waals surface area contributed by atoms with Gasteiger partial charge in [-0.05, 0) is 134 Å². The normalized spacial score (nSPS) is 17.2.